The van der Waals surface area contributed by atoms with Gasteiger partial charge in [0.15, 0.2) is 0 Å². The Bertz CT molecular complexity index is 1500. The number of rotatable bonds is 11. The number of benzene rings is 3. The minimum absolute atomic E-state index is 0.0833. The summed E-state index contributed by atoms with van der Waals surface area (Å²) in [6.07, 6.45) is 0.507. The number of nitrogens with zero attached hydrogens (tertiary/aromatic N) is 3. The van der Waals surface area contributed by atoms with Crippen molar-refractivity contribution in [1.29, 1.82) is 0 Å². The topological polar surface area (TPSA) is 129 Å². The van der Waals surface area contributed by atoms with Gasteiger partial charge in [-0.25, -0.2) is 4.39 Å². The largest absolute Gasteiger partial charge is 0.375 e. The second-order valence-corrected chi connectivity index (χ2v) is 10.9. The molecule has 1 aliphatic heterocycles. The SMILES string of the molecule is CN(C)CCCN(C)c1ccc([N+](=O)[O-])c(C(=O)Nc2cc(C(=O)Nc3cc(F)cc(C4CNCCO4)c3)ccc2Cl)c1. The lowest BCUT2D eigenvalue weighted by Gasteiger charge is -2.24. The number of nitro benzene ring substituents is 1. The predicted molar refractivity (Wildman–Crippen MR) is 165 cm³/mol. The molecule has 4 rings (SSSR count). The molecule has 0 bridgehead atoms. The van der Waals surface area contributed by atoms with Crippen molar-refractivity contribution in [2.24, 2.45) is 0 Å². The van der Waals surface area contributed by atoms with Crippen LogP contribution in [0.25, 0.3) is 0 Å². The second kappa shape index (κ2) is 14.4. The summed E-state index contributed by atoms with van der Waals surface area (Å²) in [7, 11) is 5.79. The third-order valence-electron chi connectivity index (χ3n) is 6.92. The number of carbonyl (C=O) groups excluding carboxylic acids is 2. The van der Waals surface area contributed by atoms with Gasteiger partial charge >= 0.3 is 0 Å². The van der Waals surface area contributed by atoms with Crippen molar-refractivity contribution in [3.8, 4) is 0 Å². The van der Waals surface area contributed by atoms with Crippen LogP contribution >= 0.6 is 11.6 Å². The fourth-order valence-corrected chi connectivity index (χ4v) is 4.83. The van der Waals surface area contributed by atoms with Gasteiger partial charge in [0.1, 0.15) is 11.4 Å². The average molecular weight is 613 g/mol. The van der Waals surface area contributed by atoms with Crippen LogP contribution in [0.15, 0.2) is 54.6 Å². The number of hydrogen-bond acceptors (Lipinski definition) is 8. The van der Waals surface area contributed by atoms with Crippen LogP contribution in [0.4, 0.5) is 27.1 Å². The first kappa shape index (κ1) is 31.8. The second-order valence-electron chi connectivity index (χ2n) is 10.5. The molecule has 43 heavy (non-hydrogen) atoms. The minimum Gasteiger partial charge on any atom is -0.375 e. The van der Waals surface area contributed by atoms with Crippen molar-refractivity contribution in [2.75, 3.05) is 69.5 Å². The van der Waals surface area contributed by atoms with Gasteiger partial charge in [-0.3, -0.25) is 19.7 Å². The number of nitrogens with one attached hydrogen (secondary N) is 3. The van der Waals surface area contributed by atoms with Crippen molar-refractivity contribution in [3.05, 3.63) is 92.2 Å². The molecule has 11 nitrogen and oxygen atoms in total. The van der Waals surface area contributed by atoms with Gasteiger partial charge in [-0.05, 0) is 81.2 Å². The Balaban J connectivity index is 1.52. The number of halogens is 2. The van der Waals surface area contributed by atoms with Gasteiger partial charge in [-0.2, -0.15) is 0 Å². The summed E-state index contributed by atoms with van der Waals surface area (Å²) in [5.74, 6) is -1.86. The highest BCUT2D eigenvalue weighted by Gasteiger charge is 2.23. The third-order valence-corrected chi connectivity index (χ3v) is 7.24. The molecule has 3 aromatic rings. The first-order valence-corrected chi connectivity index (χ1v) is 14.1. The van der Waals surface area contributed by atoms with Gasteiger partial charge in [0.05, 0.1) is 28.3 Å². The lowest BCUT2D eigenvalue weighted by atomic mass is 10.1. The van der Waals surface area contributed by atoms with Crippen LogP contribution in [0.1, 0.15) is 38.8 Å². The molecule has 1 atom stereocenters. The van der Waals surface area contributed by atoms with Crippen molar-refractivity contribution >= 4 is 46.2 Å². The van der Waals surface area contributed by atoms with Crippen LogP contribution in [-0.2, 0) is 4.74 Å². The lowest BCUT2D eigenvalue weighted by molar-refractivity contribution is -0.385. The van der Waals surface area contributed by atoms with Crippen LogP contribution in [0.5, 0.6) is 0 Å². The van der Waals surface area contributed by atoms with Gasteiger partial charge in [-0.15, -0.1) is 0 Å². The van der Waals surface area contributed by atoms with E-state index in [1.54, 1.807) is 12.1 Å². The summed E-state index contributed by atoms with van der Waals surface area (Å²) in [6.45, 7) is 3.25. The van der Waals surface area contributed by atoms with E-state index in [9.17, 15) is 24.1 Å². The smallest absolute Gasteiger partial charge is 0.282 e. The van der Waals surface area contributed by atoms with E-state index in [2.05, 4.69) is 20.9 Å². The van der Waals surface area contributed by atoms with E-state index in [0.29, 0.717) is 37.5 Å². The van der Waals surface area contributed by atoms with Gasteiger partial charge in [-0.1, -0.05) is 11.6 Å². The van der Waals surface area contributed by atoms with E-state index in [-0.39, 0.29) is 39.3 Å². The highest BCUT2D eigenvalue weighted by molar-refractivity contribution is 6.34. The molecule has 1 heterocycles. The number of carbonyl (C=O) groups is 2. The molecule has 1 aliphatic rings. The van der Waals surface area contributed by atoms with Crippen molar-refractivity contribution in [2.45, 2.75) is 12.5 Å². The molecule has 3 aromatic carbocycles. The molecule has 13 heteroatoms. The summed E-state index contributed by atoms with van der Waals surface area (Å²) in [5, 5.41) is 20.3. The highest BCUT2D eigenvalue weighted by Crippen LogP contribution is 2.29. The molecule has 0 aromatic heterocycles. The van der Waals surface area contributed by atoms with Crippen LogP contribution in [-0.4, -0.2) is 75.6 Å². The maximum atomic E-state index is 14.4. The van der Waals surface area contributed by atoms with Gasteiger partial charge in [0.25, 0.3) is 17.5 Å². The molecule has 0 radical (unpaired) electrons. The van der Waals surface area contributed by atoms with Crippen molar-refractivity contribution < 1.29 is 23.6 Å². The standard InChI is InChI=1S/C30H34ClFN6O5/c1-36(2)10-4-11-37(3)23-6-8-27(38(41)42)24(17-23)30(40)35-26-15-19(5-7-25(26)31)29(39)34-22-14-20(13-21(32)16-22)28-18-33-9-12-43-28/h5-8,13-17,28,33H,4,9-12,18H2,1-3H3,(H,34,39)(H,35,40). The molecule has 1 fully saturated rings. The maximum absolute atomic E-state index is 14.4. The molecule has 2 amide bonds. The zero-order valence-corrected chi connectivity index (χ0v) is 24.9. The van der Waals surface area contributed by atoms with Crippen LogP contribution in [0, 0.1) is 15.9 Å². The molecule has 0 spiro atoms. The number of morpholine rings is 1. The summed E-state index contributed by atoms with van der Waals surface area (Å²) in [4.78, 5) is 41.5. The molecular formula is C30H34ClFN6O5. The molecule has 3 N–H and O–H groups in total. The summed E-state index contributed by atoms with van der Waals surface area (Å²) < 4.78 is 20.1. The number of amides is 2. The van der Waals surface area contributed by atoms with E-state index in [0.717, 1.165) is 13.0 Å². The van der Waals surface area contributed by atoms with Crippen LogP contribution in [0.3, 0.4) is 0 Å². The Labute approximate surface area is 254 Å². The maximum Gasteiger partial charge on any atom is 0.282 e. The molecule has 1 saturated heterocycles. The highest BCUT2D eigenvalue weighted by atomic mass is 35.5. The van der Waals surface area contributed by atoms with E-state index in [1.165, 1.54) is 42.5 Å². The summed E-state index contributed by atoms with van der Waals surface area (Å²) in [6, 6.07) is 12.8. The summed E-state index contributed by atoms with van der Waals surface area (Å²) in [5.41, 5.74) is 1.14. The fraction of sp³-hybridized carbons (Fsp3) is 0.333. The first-order chi connectivity index (χ1) is 20.5. The lowest BCUT2D eigenvalue weighted by Crippen LogP contribution is -2.33. The third kappa shape index (κ3) is 8.48. The van der Waals surface area contributed by atoms with Crippen molar-refractivity contribution in [1.82, 2.24) is 10.2 Å². The molecule has 0 saturated carbocycles. The molecular weight excluding hydrogens is 579 g/mol. The Hall–Kier alpha value is -4.10. The van der Waals surface area contributed by atoms with E-state index >= 15 is 0 Å². The Morgan fingerprint density at radius 1 is 1.07 bits per heavy atom. The zero-order valence-electron chi connectivity index (χ0n) is 24.2. The van der Waals surface area contributed by atoms with Crippen molar-refractivity contribution in [3.63, 3.8) is 0 Å². The molecule has 228 valence electrons. The van der Waals surface area contributed by atoms with Crippen LogP contribution in [0.2, 0.25) is 5.02 Å². The summed E-state index contributed by atoms with van der Waals surface area (Å²) >= 11 is 6.33. The van der Waals surface area contributed by atoms with E-state index < -0.39 is 22.6 Å². The normalized spacial score (nSPS) is 14.8. The fourth-order valence-electron chi connectivity index (χ4n) is 4.66. The molecule has 0 aliphatic carbocycles. The Morgan fingerprint density at radius 3 is 2.56 bits per heavy atom. The number of nitro groups is 1. The number of ether oxygens (including phenoxy) is 1. The Kier molecular flexibility index (Phi) is 10.6. The molecule has 1 unspecified atom stereocenters. The average Bonchev–Trinajstić information content (AvgIpc) is 2.97. The predicted octanol–water partition coefficient (Wildman–Crippen LogP) is 4.94. The zero-order chi connectivity index (χ0) is 31.1. The monoisotopic (exact) mass is 612 g/mol. The van der Waals surface area contributed by atoms with E-state index in [4.69, 9.17) is 16.3 Å². The van der Waals surface area contributed by atoms with Gasteiger partial charge in [0, 0.05) is 49.7 Å². The minimum atomic E-state index is -0.759. The first-order valence-electron chi connectivity index (χ1n) is 13.7. The van der Waals surface area contributed by atoms with Crippen LogP contribution < -0.4 is 20.9 Å². The Morgan fingerprint density at radius 2 is 1.86 bits per heavy atom. The quantitative estimate of drug-likeness (QED) is 0.205. The van der Waals surface area contributed by atoms with E-state index in [1.807, 2.05) is 26.0 Å². The number of anilines is 3. The number of hydrogen-bond donors (Lipinski definition) is 3. The van der Waals surface area contributed by atoms with Gasteiger partial charge < -0.3 is 30.5 Å². The van der Waals surface area contributed by atoms with Gasteiger partial charge in [0.2, 0.25) is 0 Å².